The molecular weight excluding hydrogens is 316 g/mol. The number of hydrogen-bond acceptors (Lipinski definition) is 6. The second kappa shape index (κ2) is 6.25. The molecule has 0 spiro atoms. The van der Waals surface area contributed by atoms with Crippen molar-refractivity contribution in [1.29, 1.82) is 0 Å². The monoisotopic (exact) mass is 336 g/mol. The van der Waals surface area contributed by atoms with Gasteiger partial charge in [-0.3, -0.25) is 0 Å². The van der Waals surface area contributed by atoms with Crippen molar-refractivity contribution in [3.63, 3.8) is 0 Å². The van der Waals surface area contributed by atoms with Crippen LogP contribution in [0.15, 0.2) is 35.5 Å². The molecule has 0 unspecified atom stereocenters. The van der Waals surface area contributed by atoms with Gasteiger partial charge in [-0.2, -0.15) is 9.10 Å². The molecule has 1 saturated heterocycles. The second-order valence-corrected chi connectivity index (χ2v) is 7.47. The lowest BCUT2D eigenvalue weighted by Crippen LogP contribution is -2.45. The summed E-state index contributed by atoms with van der Waals surface area (Å²) in [6.07, 6.45) is 1.54. The van der Waals surface area contributed by atoms with E-state index < -0.39 is 10.0 Å². The summed E-state index contributed by atoms with van der Waals surface area (Å²) in [5, 5.41) is 10.8. The molecule has 1 aliphatic heterocycles. The fourth-order valence-electron chi connectivity index (χ4n) is 2.83. The number of rotatable bonds is 4. The molecule has 0 saturated carbocycles. The number of aryl methyl sites for hydroxylation is 1. The zero-order valence-electron chi connectivity index (χ0n) is 13.2. The third-order valence-electron chi connectivity index (χ3n) is 4.20. The van der Waals surface area contributed by atoms with Crippen LogP contribution in [0.25, 0.3) is 0 Å². The molecule has 0 amide bonds. The first-order chi connectivity index (χ1) is 11.0. The lowest BCUT2D eigenvalue weighted by molar-refractivity contribution is 0.313. The SMILES string of the molecule is CN(c1ccccc1)C1CCN(S(=O)(=O)c2nnn(C)n2)CC1. The second-order valence-electron chi connectivity index (χ2n) is 5.64. The normalized spacial score (nSPS) is 17.3. The zero-order chi connectivity index (χ0) is 16.4. The Hall–Kier alpha value is -2.00. The molecule has 1 aromatic heterocycles. The smallest absolute Gasteiger partial charge is 0.303 e. The summed E-state index contributed by atoms with van der Waals surface area (Å²) >= 11 is 0. The molecule has 0 bridgehead atoms. The van der Waals surface area contributed by atoms with Crippen LogP contribution in [0, 0.1) is 0 Å². The fraction of sp³-hybridized carbons (Fsp3) is 0.500. The molecule has 2 aromatic rings. The molecule has 0 radical (unpaired) electrons. The Balaban J connectivity index is 1.67. The number of nitrogens with zero attached hydrogens (tertiary/aromatic N) is 6. The molecule has 1 aliphatic rings. The van der Waals surface area contributed by atoms with Crippen LogP contribution >= 0.6 is 0 Å². The molecule has 2 heterocycles. The van der Waals surface area contributed by atoms with Crippen LogP contribution in [0.1, 0.15) is 12.8 Å². The Morgan fingerprint density at radius 1 is 1.17 bits per heavy atom. The summed E-state index contributed by atoms with van der Waals surface area (Å²) in [5.74, 6) is 0. The third-order valence-corrected chi connectivity index (χ3v) is 5.86. The van der Waals surface area contributed by atoms with Crippen LogP contribution in [-0.2, 0) is 17.1 Å². The molecule has 8 nitrogen and oxygen atoms in total. The highest BCUT2D eigenvalue weighted by Gasteiger charge is 2.33. The number of para-hydroxylation sites is 1. The maximum atomic E-state index is 12.5. The van der Waals surface area contributed by atoms with Crippen LogP contribution in [0.4, 0.5) is 5.69 Å². The van der Waals surface area contributed by atoms with E-state index in [0.717, 1.165) is 23.3 Å². The third kappa shape index (κ3) is 3.20. The van der Waals surface area contributed by atoms with Gasteiger partial charge in [-0.25, -0.2) is 8.42 Å². The quantitative estimate of drug-likeness (QED) is 0.808. The summed E-state index contributed by atoms with van der Waals surface area (Å²) in [6.45, 7) is 0.921. The van der Waals surface area contributed by atoms with Gasteiger partial charge >= 0.3 is 5.16 Å². The van der Waals surface area contributed by atoms with Gasteiger partial charge in [-0.15, -0.1) is 5.10 Å². The summed E-state index contributed by atoms with van der Waals surface area (Å²) in [6, 6.07) is 10.4. The maximum absolute atomic E-state index is 12.5. The van der Waals surface area contributed by atoms with Gasteiger partial charge in [0.05, 0.1) is 7.05 Å². The van der Waals surface area contributed by atoms with E-state index in [4.69, 9.17) is 0 Å². The van der Waals surface area contributed by atoms with Crippen LogP contribution in [0.2, 0.25) is 0 Å². The van der Waals surface area contributed by atoms with E-state index >= 15 is 0 Å². The number of aromatic nitrogens is 4. The minimum atomic E-state index is -3.65. The van der Waals surface area contributed by atoms with Crippen molar-refractivity contribution in [2.24, 2.45) is 7.05 Å². The van der Waals surface area contributed by atoms with Gasteiger partial charge in [-0.05, 0) is 30.2 Å². The predicted molar refractivity (Wildman–Crippen MR) is 85.4 cm³/mol. The number of hydrogen-bond donors (Lipinski definition) is 0. The van der Waals surface area contributed by atoms with Crippen molar-refractivity contribution < 1.29 is 8.42 Å². The first kappa shape index (κ1) is 15.9. The summed E-state index contributed by atoms with van der Waals surface area (Å²) in [7, 11) is -0.0470. The lowest BCUT2D eigenvalue weighted by Gasteiger charge is -2.36. The van der Waals surface area contributed by atoms with Crippen molar-refractivity contribution in [1.82, 2.24) is 24.5 Å². The molecule has 0 aliphatic carbocycles. The molecule has 0 N–H and O–H groups in total. The van der Waals surface area contributed by atoms with Crippen molar-refractivity contribution in [2.75, 3.05) is 25.0 Å². The summed E-state index contributed by atoms with van der Waals surface area (Å²) in [4.78, 5) is 3.37. The Labute approximate surface area is 135 Å². The first-order valence-electron chi connectivity index (χ1n) is 7.50. The van der Waals surface area contributed by atoms with Gasteiger partial charge in [0.1, 0.15) is 0 Å². The van der Waals surface area contributed by atoms with Crippen LogP contribution in [-0.4, -0.2) is 59.1 Å². The van der Waals surface area contributed by atoms with E-state index in [-0.39, 0.29) is 5.16 Å². The van der Waals surface area contributed by atoms with Gasteiger partial charge < -0.3 is 4.90 Å². The Bertz CT molecular complexity index is 753. The molecular formula is C14H20N6O2S. The van der Waals surface area contributed by atoms with Crippen molar-refractivity contribution >= 4 is 15.7 Å². The first-order valence-corrected chi connectivity index (χ1v) is 8.94. The highest BCUT2D eigenvalue weighted by Crippen LogP contribution is 2.24. The van der Waals surface area contributed by atoms with Gasteiger partial charge in [0.25, 0.3) is 10.0 Å². The lowest BCUT2D eigenvalue weighted by atomic mass is 10.0. The van der Waals surface area contributed by atoms with E-state index in [1.807, 2.05) is 25.2 Å². The largest absolute Gasteiger partial charge is 0.372 e. The molecule has 9 heteroatoms. The van der Waals surface area contributed by atoms with Crippen LogP contribution in [0.5, 0.6) is 0 Å². The van der Waals surface area contributed by atoms with Crippen molar-refractivity contribution in [2.45, 2.75) is 24.0 Å². The van der Waals surface area contributed by atoms with Gasteiger partial charge in [0, 0.05) is 31.9 Å². The molecule has 1 fully saturated rings. The van der Waals surface area contributed by atoms with Gasteiger partial charge in [0.15, 0.2) is 0 Å². The summed E-state index contributed by atoms with van der Waals surface area (Å²) < 4.78 is 26.4. The molecule has 23 heavy (non-hydrogen) atoms. The molecule has 124 valence electrons. The van der Waals surface area contributed by atoms with E-state index in [0.29, 0.717) is 19.1 Å². The zero-order valence-corrected chi connectivity index (χ0v) is 14.0. The molecule has 0 atom stereocenters. The molecule has 3 rings (SSSR count). The predicted octanol–water partition coefficient (Wildman–Crippen LogP) is 0.500. The minimum absolute atomic E-state index is 0.227. The fourth-order valence-corrected chi connectivity index (χ4v) is 4.11. The van der Waals surface area contributed by atoms with Crippen LogP contribution < -0.4 is 4.90 Å². The van der Waals surface area contributed by atoms with Gasteiger partial charge in [-0.1, -0.05) is 23.3 Å². The standard InChI is InChI=1S/C14H20N6O2S/c1-18(12-6-4-3-5-7-12)13-8-10-20(11-9-13)23(21,22)14-15-17-19(2)16-14/h3-7,13H,8-11H2,1-2H3. The average Bonchev–Trinajstić information content (AvgIpc) is 3.02. The number of tetrazole rings is 1. The minimum Gasteiger partial charge on any atom is -0.372 e. The molecule has 1 aromatic carbocycles. The summed E-state index contributed by atoms with van der Waals surface area (Å²) in [5.41, 5.74) is 1.14. The van der Waals surface area contributed by atoms with E-state index in [1.54, 1.807) is 7.05 Å². The number of anilines is 1. The van der Waals surface area contributed by atoms with E-state index in [9.17, 15) is 8.42 Å². The Morgan fingerprint density at radius 2 is 1.83 bits per heavy atom. The number of sulfonamides is 1. The maximum Gasteiger partial charge on any atom is 0.303 e. The highest BCUT2D eigenvalue weighted by atomic mass is 32.2. The van der Waals surface area contributed by atoms with Crippen molar-refractivity contribution in [3.05, 3.63) is 30.3 Å². The number of piperidine rings is 1. The van der Waals surface area contributed by atoms with E-state index in [2.05, 4.69) is 32.4 Å². The van der Waals surface area contributed by atoms with Crippen molar-refractivity contribution in [3.8, 4) is 0 Å². The topological polar surface area (TPSA) is 84.2 Å². The Morgan fingerprint density at radius 3 is 2.39 bits per heavy atom. The average molecular weight is 336 g/mol. The van der Waals surface area contributed by atoms with Gasteiger partial charge in [0.2, 0.25) is 0 Å². The van der Waals surface area contributed by atoms with Crippen LogP contribution in [0.3, 0.4) is 0 Å². The number of benzene rings is 1. The van der Waals surface area contributed by atoms with E-state index in [1.165, 1.54) is 4.31 Å². The Kier molecular flexibility index (Phi) is 4.31. The highest BCUT2D eigenvalue weighted by molar-refractivity contribution is 7.88.